The molecule has 0 atom stereocenters. The van der Waals surface area contributed by atoms with Gasteiger partial charge in [0, 0.05) is 10.9 Å². The van der Waals surface area contributed by atoms with Crippen LogP contribution in [0.3, 0.4) is 0 Å². The molecule has 0 fully saturated rings. The molecule has 0 aliphatic carbocycles. The minimum absolute atomic E-state index is 0.131. The Balaban J connectivity index is 0.000000514. The molecule has 0 spiro atoms. The molecule has 0 unspecified atom stereocenters. The number of aromatic amines is 2. The molecule has 4 nitrogen and oxygen atoms in total. The Bertz CT molecular complexity index is 709. The van der Waals surface area contributed by atoms with Crippen LogP contribution in [-0.4, -0.2) is 15.0 Å². The predicted molar refractivity (Wildman–Crippen MR) is 70.3 cm³/mol. The Kier molecular flexibility index (Phi) is 2.95. The summed E-state index contributed by atoms with van der Waals surface area (Å²) < 4.78 is 0. The number of nitrogens with zero attached hydrogens (tertiary/aromatic N) is 1. The number of aromatic nitrogens is 3. The molecule has 3 aromatic rings. The topological polar surface area (TPSA) is 61.5 Å². The Morgan fingerprint density at radius 2 is 2.00 bits per heavy atom. The summed E-state index contributed by atoms with van der Waals surface area (Å²) in [5, 5.41) is 0.996. The van der Waals surface area contributed by atoms with Crippen molar-refractivity contribution in [3.05, 3.63) is 40.4 Å². The van der Waals surface area contributed by atoms with Crippen molar-refractivity contribution in [1.82, 2.24) is 15.0 Å². The van der Waals surface area contributed by atoms with E-state index in [9.17, 15) is 4.79 Å². The molecule has 0 saturated heterocycles. The maximum atomic E-state index is 11.5. The van der Waals surface area contributed by atoms with Gasteiger partial charge in [0.05, 0.1) is 6.33 Å². The van der Waals surface area contributed by atoms with Crippen molar-refractivity contribution < 1.29 is 0 Å². The van der Waals surface area contributed by atoms with E-state index in [0.29, 0.717) is 5.52 Å². The van der Waals surface area contributed by atoms with E-state index in [1.54, 1.807) is 0 Å². The average molecular weight is 229 g/mol. The quantitative estimate of drug-likeness (QED) is 0.622. The highest BCUT2D eigenvalue weighted by Crippen LogP contribution is 2.21. The monoisotopic (exact) mass is 229 g/mol. The third-order valence-electron chi connectivity index (χ3n) is 2.54. The Labute approximate surface area is 98.7 Å². The van der Waals surface area contributed by atoms with Gasteiger partial charge in [-0.3, -0.25) is 4.79 Å². The van der Waals surface area contributed by atoms with Crippen LogP contribution in [0, 0.1) is 6.92 Å². The molecule has 3 rings (SSSR count). The van der Waals surface area contributed by atoms with Gasteiger partial charge in [-0.25, -0.2) is 4.98 Å². The second-order valence-corrected chi connectivity index (χ2v) is 3.63. The van der Waals surface area contributed by atoms with E-state index in [-0.39, 0.29) is 5.56 Å². The SMILES string of the molecule is CC.Cc1ccc2[nH]c3c(=O)[nH]cnc3c2c1. The normalized spacial score (nSPS) is 10.3. The van der Waals surface area contributed by atoms with Gasteiger partial charge in [-0.05, 0) is 19.1 Å². The van der Waals surface area contributed by atoms with Crippen LogP contribution in [0.15, 0.2) is 29.3 Å². The fourth-order valence-electron chi connectivity index (χ4n) is 1.82. The van der Waals surface area contributed by atoms with E-state index in [1.165, 1.54) is 6.33 Å². The summed E-state index contributed by atoms with van der Waals surface area (Å²) in [5.41, 5.74) is 3.25. The maximum Gasteiger partial charge on any atom is 0.275 e. The lowest BCUT2D eigenvalue weighted by atomic mass is 10.2. The number of hydrogen-bond donors (Lipinski definition) is 2. The number of benzene rings is 1. The second kappa shape index (κ2) is 4.41. The predicted octanol–water partition coefficient (Wildman–Crippen LogP) is 2.74. The van der Waals surface area contributed by atoms with Crippen LogP contribution in [-0.2, 0) is 0 Å². The lowest BCUT2D eigenvalue weighted by molar-refractivity contribution is 1.17. The third kappa shape index (κ3) is 1.82. The number of nitrogens with one attached hydrogen (secondary N) is 2. The van der Waals surface area contributed by atoms with Gasteiger partial charge in [0.2, 0.25) is 0 Å². The van der Waals surface area contributed by atoms with Gasteiger partial charge in [0.15, 0.2) is 0 Å². The van der Waals surface area contributed by atoms with E-state index in [1.807, 2.05) is 39.0 Å². The molecule has 2 heterocycles. The summed E-state index contributed by atoms with van der Waals surface area (Å²) in [6.07, 6.45) is 1.43. The first-order valence-electron chi connectivity index (χ1n) is 5.71. The number of fused-ring (bicyclic) bond motifs is 3. The molecule has 2 aromatic heterocycles. The molecule has 0 aliphatic rings. The molecule has 17 heavy (non-hydrogen) atoms. The molecule has 0 aliphatic heterocycles. The molecular weight excluding hydrogens is 214 g/mol. The van der Waals surface area contributed by atoms with E-state index in [4.69, 9.17) is 0 Å². The number of rotatable bonds is 0. The Morgan fingerprint density at radius 1 is 1.24 bits per heavy atom. The van der Waals surface area contributed by atoms with E-state index in [0.717, 1.165) is 22.0 Å². The smallest absolute Gasteiger partial charge is 0.275 e. The first-order valence-corrected chi connectivity index (χ1v) is 5.71. The first kappa shape index (κ1) is 11.4. The van der Waals surface area contributed by atoms with Gasteiger partial charge in [-0.2, -0.15) is 0 Å². The Hall–Kier alpha value is -2.10. The van der Waals surface area contributed by atoms with Crippen LogP contribution in [0.25, 0.3) is 21.9 Å². The molecule has 0 saturated carbocycles. The molecule has 88 valence electrons. The van der Waals surface area contributed by atoms with Crippen molar-refractivity contribution in [2.45, 2.75) is 20.8 Å². The van der Waals surface area contributed by atoms with Crippen LogP contribution < -0.4 is 5.56 Å². The zero-order chi connectivity index (χ0) is 12.4. The van der Waals surface area contributed by atoms with Gasteiger partial charge >= 0.3 is 0 Å². The molecule has 4 heteroatoms. The second-order valence-electron chi connectivity index (χ2n) is 3.63. The fourth-order valence-corrected chi connectivity index (χ4v) is 1.82. The van der Waals surface area contributed by atoms with Crippen molar-refractivity contribution in [2.75, 3.05) is 0 Å². The standard InChI is InChI=1S/C11H9N3O.C2H6/c1-6-2-3-8-7(4-6)9-10(14-8)11(15)13-5-12-9;1-2/h2-5,14H,1H3,(H,12,13,15);1-2H3. The zero-order valence-electron chi connectivity index (χ0n) is 10.2. The lowest BCUT2D eigenvalue weighted by Crippen LogP contribution is -2.05. The molecular formula is C13H15N3O. The highest BCUT2D eigenvalue weighted by Gasteiger charge is 2.07. The van der Waals surface area contributed by atoms with Crippen LogP contribution in [0.4, 0.5) is 0 Å². The minimum Gasteiger partial charge on any atom is -0.349 e. The zero-order valence-corrected chi connectivity index (χ0v) is 10.2. The summed E-state index contributed by atoms with van der Waals surface area (Å²) in [6.45, 7) is 6.02. The van der Waals surface area contributed by atoms with Gasteiger partial charge in [-0.15, -0.1) is 0 Å². The molecule has 2 N–H and O–H groups in total. The largest absolute Gasteiger partial charge is 0.349 e. The molecule has 0 amide bonds. The van der Waals surface area contributed by atoms with Crippen LogP contribution in [0.5, 0.6) is 0 Å². The van der Waals surface area contributed by atoms with Crippen molar-refractivity contribution in [2.24, 2.45) is 0 Å². The highest BCUT2D eigenvalue weighted by atomic mass is 16.1. The van der Waals surface area contributed by atoms with Crippen LogP contribution in [0.1, 0.15) is 19.4 Å². The van der Waals surface area contributed by atoms with Gasteiger partial charge in [-0.1, -0.05) is 25.5 Å². The van der Waals surface area contributed by atoms with Crippen molar-refractivity contribution in [3.8, 4) is 0 Å². The minimum atomic E-state index is -0.131. The summed E-state index contributed by atoms with van der Waals surface area (Å²) in [7, 11) is 0. The van der Waals surface area contributed by atoms with Crippen LogP contribution >= 0.6 is 0 Å². The fraction of sp³-hybridized carbons (Fsp3) is 0.231. The average Bonchev–Trinajstić information content (AvgIpc) is 2.72. The summed E-state index contributed by atoms with van der Waals surface area (Å²) in [5.74, 6) is 0. The number of aryl methyl sites for hydroxylation is 1. The summed E-state index contributed by atoms with van der Waals surface area (Å²) in [6, 6.07) is 6.00. The van der Waals surface area contributed by atoms with Gasteiger partial charge < -0.3 is 9.97 Å². The lowest BCUT2D eigenvalue weighted by Gasteiger charge is -1.92. The van der Waals surface area contributed by atoms with Crippen molar-refractivity contribution >= 4 is 21.9 Å². The van der Waals surface area contributed by atoms with Gasteiger partial charge in [0.25, 0.3) is 5.56 Å². The number of H-pyrrole nitrogens is 2. The van der Waals surface area contributed by atoms with Crippen molar-refractivity contribution in [1.29, 1.82) is 0 Å². The van der Waals surface area contributed by atoms with E-state index >= 15 is 0 Å². The van der Waals surface area contributed by atoms with E-state index in [2.05, 4.69) is 15.0 Å². The summed E-state index contributed by atoms with van der Waals surface area (Å²) >= 11 is 0. The first-order chi connectivity index (χ1) is 8.25. The third-order valence-corrected chi connectivity index (χ3v) is 2.54. The van der Waals surface area contributed by atoms with Crippen molar-refractivity contribution in [3.63, 3.8) is 0 Å². The molecule has 1 aromatic carbocycles. The Morgan fingerprint density at radius 3 is 2.76 bits per heavy atom. The molecule has 0 radical (unpaired) electrons. The summed E-state index contributed by atoms with van der Waals surface area (Å²) in [4.78, 5) is 21.3. The van der Waals surface area contributed by atoms with Crippen LogP contribution in [0.2, 0.25) is 0 Å². The van der Waals surface area contributed by atoms with E-state index < -0.39 is 0 Å². The number of hydrogen-bond acceptors (Lipinski definition) is 2. The van der Waals surface area contributed by atoms with Gasteiger partial charge in [0.1, 0.15) is 11.0 Å². The molecule has 0 bridgehead atoms. The highest BCUT2D eigenvalue weighted by molar-refractivity contribution is 6.04. The maximum absolute atomic E-state index is 11.5.